The summed E-state index contributed by atoms with van der Waals surface area (Å²) < 4.78 is 6.73. The molecule has 0 aliphatic heterocycles. The molecule has 0 unspecified atom stereocenters. The average molecular weight is 415 g/mol. The monoisotopic (exact) mass is 415 g/mol. The SMILES string of the molecule is N#CC1(CC(=O)Cc2nnc(Cc3nc4ccc(-c5ccncc5)cc4s3)o2)CC1. The largest absolute Gasteiger partial charge is 0.424 e. The molecular weight excluding hydrogens is 398 g/mol. The van der Waals surface area contributed by atoms with Crippen LogP contribution >= 0.6 is 11.3 Å². The van der Waals surface area contributed by atoms with E-state index in [1.807, 2.05) is 24.3 Å². The van der Waals surface area contributed by atoms with Gasteiger partial charge in [0.15, 0.2) is 0 Å². The van der Waals surface area contributed by atoms with Gasteiger partial charge in [0.1, 0.15) is 10.8 Å². The van der Waals surface area contributed by atoms with Crippen molar-refractivity contribution in [3.8, 4) is 17.2 Å². The molecule has 7 nitrogen and oxygen atoms in total. The highest BCUT2D eigenvalue weighted by Gasteiger charge is 2.44. The van der Waals surface area contributed by atoms with Crippen LogP contribution in [0, 0.1) is 16.7 Å². The van der Waals surface area contributed by atoms with E-state index in [0.717, 1.165) is 39.2 Å². The van der Waals surface area contributed by atoms with Crippen molar-refractivity contribution in [2.24, 2.45) is 5.41 Å². The molecule has 4 aromatic rings. The quantitative estimate of drug-likeness (QED) is 0.446. The van der Waals surface area contributed by atoms with E-state index in [9.17, 15) is 4.79 Å². The maximum absolute atomic E-state index is 12.2. The molecule has 0 spiro atoms. The van der Waals surface area contributed by atoms with Crippen molar-refractivity contribution in [1.29, 1.82) is 5.26 Å². The smallest absolute Gasteiger partial charge is 0.223 e. The van der Waals surface area contributed by atoms with E-state index in [1.165, 1.54) is 0 Å². The summed E-state index contributed by atoms with van der Waals surface area (Å²) >= 11 is 1.59. The molecule has 0 saturated heterocycles. The van der Waals surface area contributed by atoms with Gasteiger partial charge in [-0.15, -0.1) is 21.5 Å². The fourth-order valence-corrected chi connectivity index (χ4v) is 4.42. The van der Waals surface area contributed by atoms with Crippen LogP contribution in [0.3, 0.4) is 0 Å². The lowest BCUT2D eigenvalue weighted by Crippen LogP contribution is -2.10. The summed E-state index contributed by atoms with van der Waals surface area (Å²) in [6, 6.07) is 12.4. The third kappa shape index (κ3) is 3.84. The van der Waals surface area contributed by atoms with Crippen molar-refractivity contribution < 1.29 is 9.21 Å². The number of Topliss-reactive ketones (excluding diaryl/α,β-unsaturated/α-hetero) is 1. The van der Waals surface area contributed by atoms with Crippen LogP contribution in [-0.4, -0.2) is 25.9 Å². The molecule has 3 aromatic heterocycles. The second-order valence-electron chi connectivity index (χ2n) is 7.58. The predicted octanol–water partition coefficient (Wildman–Crippen LogP) is 4.14. The number of nitriles is 1. The zero-order valence-electron chi connectivity index (χ0n) is 16.0. The predicted molar refractivity (Wildman–Crippen MR) is 111 cm³/mol. The van der Waals surface area contributed by atoms with Gasteiger partial charge in [-0.3, -0.25) is 9.78 Å². The van der Waals surface area contributed by atoms with E-state index in [-0.39, 0.29) is 18.6 Å². The van der Waals surface area contributed by atoms with Crippen molar-refractivity contribution in [3.05, 3.63) is 59.5 Å². The number of carbonyl (C=O) groups excluding carboxylic acids is 1. The Hall–Kier alpha value is -3.44. The molecule has 1 fully saturated rings. The highest BCUT2D eigenvalue weighted by molar-refractivity contribution is 7.18. The van der Waals surface area contributed by atoms with Gasteiger partial charge < -0.3 is 4.42 Å². The summed E-state index contributed by atoms with van der Waals surface area (Å²) in [7, 11) is 0. The molecule has 5 rings (SSSR count). The van der Waals surface area contributed by atoms with Crippen molar-refractivity contribution in [3.63, 3.8) is 0 Å². The minimum Gasteiger partial charge on any atom is -0.424 e. The molecule has 0 radical (unpaired) electrons. The molecule has 0 N–H and O–H groups in total. The van der Waals surface area contributed by atoms with Crippen LogP contribution in [-0.2, 0) is 17.6 Å². The fraction of sp³-hybridized carbons (Fsp3) is 0.273. The minimum absolute atomic E-state index is 0.0344. The Morgan fingerprint density at radius 1 is 1.13 bits per heavy atom. The van der Waals surface area contributed by atoms with Gasteiger partial charge in [0.05, 0.1) is 34.5 Å². The Bertz CT molecular complexity index is 1270. The van der Waals surface area contributed by atoms with Gasteiger partial charge in [0.25, 0.3) is 0 Å². The standard InChI is InChI=1S/C22H17N5O2S/c23-13-22(5-6-22)12-16(28)10-19-26-27-20(29-19)11-21-25-17-2-1-15(9-18(17)30-21)14-3-7-24-8-4-14/h1-4,7-9H,5-6,10-12H2. The first-order chi connectivity index (χ1) is 14.6. The molecule has 1 aliphatic rings. The van der Waals surface area contributed by atoms with Gasteiger partial charge in [-0.2, -0.15) is 5.26 Å². The van der Waals surface area contributed by atoms with Gasteiger partial charge in [-0.1, -0.05) is 6.07 Å². The fourth-order valence-electron chi connectivity index (χ4n) is 3.42. The van der Waals surface area contributed by atoms with E-state index in [2.05, 4.69) is 32.3 Å². The number of thiazole rings is 1. The molecule has 30 heavy (non-hydrogen) atoms. The first-order valence-electron chi connectivity index (χ1n) is 9.67. The Morgan fingerprint density at radius 2 is 1.93 bits per heavy atom. The number of benzene rings is 1. The van der Waals surface area contributed by atoms with Crippen LogP contribution < -0.4 is 0 Å². The van der Waals surface area contributed by atoms with Crippen molar-refractivity contribution >= 4 is 27.3 Å². The zero-order chi connectivity index (χ0) is 20.6. The lowest BCUT2D eigenvalue weighted by molar-refractivity contribution is -0.119. The van der Waals surface area contributed by atoms with E-state index in [0.29, 0.717) is 18.2 Å². The Morgan fingerprint density at radius 3 is 2.70 bits per heavy atom. The summed E-state index contributed by atoms with van der Waals surface area (Å²) in [6.07, 6.45) is 5.91. The van der Waals surface area contributed by atoms with Crippen molar-refractivity contribution in [2.75, 3.05) is 0 Å². The summed E-state index contributed by atoms with van der Waals surface area (Å²) in [5.74, 6) is 0.699. The van der Waals surface area contributed by atoms with Crippen LogP contribution in [0.1, 0.15) is 36.1 Å². The number of hydrogen-bond acceptors (Lipinski definition) is 8. The molecule has 3 heterocycles. The molecule has 0 atom stereocenters. The highest BCUT2D eigenvalue weighted by Crippen LogP contribution is 2.48. The summed E-state index contributed by atoms with van der Waals surface area (Å²) in [5.41, 5.74) is 2.70. The topological polar surface area (TPSA) is 106 Å². The van der Waals surface area contributed by atoms with E-state index >= 15 is 0 Å². The van der Waals surface area contributed by atoms with Gasteiger partial charge in [0, 0.05) is 18.8 Å². The van der Waals surface area contributed by atoms with Crippen molar-refractivity contribution in [1.82, 2.24) is 20.2 Å². The van der Waals surface area contributed by atoms with Crippen LogP contribution in [0.2, 0.25) is 0 Å². The third-order valence-electron chi connectivity index (χ3n) is 5.23. The summed E-state index contributed by atoms with van der Waals surface area (Å²) in [5, 5.41) is 18.0. The van der Waals surface area contributed by atoms with E-state index < -0.39 is 5.41 Å². The second kappa shape index (κ2) is 7.43. The number of fused-ring (bicyclic) bond motifs is 1. The lowest BCUT2D eigenvalue weighted by Gasteiger charge is -2.01. The van der Waals surface area contributed by atoms with Crippen LogP contribution in [0.5, 0.6) is 0 Å². The Kier molecular flexibility index (Phi) is 4.60. The lowest BCUT2D eigenvalue weighted by atomic mass is 10.00. The zero-order valence-corrected chi connectivity index (χ0v) is 16.9. The minimum atomic E-state index is -0.448. The van der Waals surface area contributed by atoms with Gasteiger partial charge in [0.2, 0.25) is 11.8 Å². The number of aromatic nitrogens is 4. The number of carbonyl (C=O) groups is 1. The summed E-state index contributed by atoms with van der Waals surface area (Å²) in [4.78, 5) is 20.9. The normalized spacial score (nSPS) is 14.5. The Labute approximate surface area is 176 Å². The van der Waals surface area contributed by atoms with E-state index in [4.69, 9.17) is 9.68 Å². The molecular formula is C22H17N5O2S. The highest BCUT2D eigenvalue weighted by atomic mass is 32.1. The number of rotatable bonds is 7. The van der Waals surface area contributed by atoms with Crippen LogP contribution in [0.25, 0.3) is 21.3 Å². The maximum atomic E-state index is 12.2. The number of nitrogens with zero attached hydrogens (tertiary/aromatic N) is 5. The Balaban J connectivity index is 1.28. The third-order valence-corrected chi connectivity index (χ3v) is 6.25. The molecule has 0 amide bonds. The molecule has 1 aliphatic carbocycles. The van der Waals surface area contributed by atoms with E-state index in [1.54, 1.807) is 23.7 Å². The van der Waals surface area contributed by atoms with Crippen molar-refractivity contribution in [2.45, 2.75) is 32.1 Å². The number of pyridine rings is 1. The first kappa shape index (κ1) is 18.6. The molecule has 1 saturated carbocycles. The first-order valence-corrected chi connectivity index (χ1v) is 10.5. The van der Waals surface area contributed by atoms with Gasteiger partial charge >= 0.3 is 0 Å². The van der Waals surface area contributed by atoms with Crippen LogP contribution in [0.4, 0.5) is 0 Å². The molecule has 8 heteroatoms. The van der Waals surface area contributed by atoms with Gasteiger partial charge in [-0.05, 0) is 48.2 Å². The average Bonchev–Trinajstić information content (AvgIpc) is 3.20. The number of hydrogen-bond donors (Lipinski definition) is 0. The van der Waals surface area contributed by atoms with Crippen LogP contribution in [0.15, 0.2) is 47.1 Å². The second-order valence-corrected chi connectivity index (χ2v) is 8.69. The molecule has 1 aromatic carbocycles. The molecule has 148 valence electrons. The molecule has 0 bridgehead atoms. The number of ketones is 1. The summed E-state index contributed by atoms with van der Waals surface area (Å²) in [6.45, 7) is 0. The van der Waals surface area contributed by atoms with Gasteiger partial charge in [-0.25, -0.2) is 4.98 Å². The maximum Gasteiger partial charge on any atom is 0.223 e.